The Morgan fingerprint density at radius 3 is 1.39 bits per heavy atom. The highest BCUT2D eigenvalue weighted by atomic mass is 15.0. The summed E-state index contributed by atoms with van der Waals surface area (Å²) in [6.45, 7) is 4.79. The van der Waals surface area contributed by atoms with E-state index in [4.69, 9.17) is 0 Å². The number of fused-ring (bicyclic) bond motifs is 8. The molecule has 0 saturated carbocycles. The van der Waals surface area contributed by atoms with Crippen molar-refractivity contribution in [2.24, 2.45) is 0 Å². The van der Waals surface area contributed by atoms with Crippen molar-refractivity contribution in [1.82, 2.24) is 4.57 Å². The molecule has 0 saturated heterocycles. The first kappa shape index (κ1) is 38.2. The van der Waals surface area contributed by atoms with Gasteiger partial charge in [-0.1, -0.05) is 202 Å². The van der Waals surface area contributed by atoms with Gasteiger partial charge in [0, 0.05) is 21.9 Å². The van der Waals surface area contributed by atoms with Gasteiger partial charge in [-0.3, -0.25) is 0 Å². The average Bonchev–Trinajstić information content (AvgIpc) is 3.83. The molecule has 0 bridgehead atoms. The van der Waals surface area contributed by atoms with Crippen LogP contribution in [0.3, 0.4) is 0 Å². The molecule has 66 heavy (non-hydrogen) atoms. The van der Waals surface area contributed by atoms with Crippen LogP contribution in [-0.2, 0) is 5.41 Å². The molecular formula is C65H45N. The van der Waals surface area contributed by atoms with Crippen molar-refractivity contribution < 1.29 is 0 Å². The summed E-state index contributed by atoms with van der Waals surface area (Å²) in [7, 11) is 0. The van der Waals surface area contributed by atoms with Gasteiger partial charge in [-0.05, 0) is 148 Å². The van der Waals surface area contributed by atoms with Crippen LogP contribution in [0.25, 0.3) is 116 Å². The second-order valence-electron chi connectivity index (χ2n) is 18.4. The molecule has 1 aliphatic rings. The van der Waals surface area contributed by atoms with E-state index in [1.54, 1.807) is 0 Å². The number of nitrogens with zero attached hydrogens (tertiary/aromatic N) is 1. The molecule has 12 aromatic rings. The summed E-state index contributed by atoms with van der Waals surface area (Å²) in [5.74, 6) is 0. The Morgan fingerprint density at radius 2 is 0.727 bits per heavy atom. The van der Waals surface area contributed by atoms with Gasteiger partial charge < -0.3 is 4.57 Å². The zero-order valence-electron chi connectivity index (χ0n) is 37.0. The van der Waals surface area contributed by atoms with Crippen LogP contribution in [0.2, 0.25) is 0 Å². The minimum Gasteiger partial charge on any atom is -0.309 e. The molecule has 13 rings (SSSR count). The lowest BCUT2D eigenvalue weighted by atomic mass is 9.79. The zero-order valence-corrected chi connectivity index (χ0v) is 37.0. The van der Waals surface area contributed by atoms with Crippen molar-refractivity contribution >= 4 is 43.4 Å². The molecule has 0 unspecified atom stereocenters. The fourth-order valence-corrected chi connectivity index (χ4v) is 11.1. The van der Waals surface area contributed by atoms with Gasteiger partial charge in [-0.25, -0.2) is 0 Å². The van der Waals surface area contributed by atoms with Gasteiger partial charge in [0.15, 0.2) is 0 Å². The molecule has 0 spiro atoms. The Balaban J connectivity index is 1.10. The largest absolute Gasteiger partial charge is 0.309 e. The fraction of sp³-hybridized carbons (Fsp3) is 0.0462. The number of para-hydroxylation sites is 2. The average molecular weight is 840 g/mol. The van der Waals surface area contributed by atoms with E-state index >= 15 is 0 Å². The van der Waals surface area contributed by atoms with E-state index in [2.05, 4.69) is 255 Å². The van der Waals surface area contributed by atoms with Crippen LogP contribution in [0, 0.1) is 0 Å². The van der Waals surface area contributed by atoms with E-state index < -0.39 is 0 Å². The summed E-state index contributed by atoms with van der Waals surface area (Å²) < 4.78 is 2.39. The van der Waals surface area contributed by atoms with Crippen LogP contribution < -0.4 is 0 Å². The zero-order chi connectivity index (χ0) is 43.9. The molecule has 1 heterocycles. The van der Waals surface area contributed by atoms with Gasteiger partial charge in [0.05, 0.1) is 11.0 Å². The maximum Gasteiger partial charge on any atom is 0.0541 e. The molecule has 1 aliphatic carbocycles. The molecule has 1 nitrogen and oxygen atoms in total. The first-order chi connectivity index (χ1) is 32.5. The van der Waals surface area contributed by atoms with Gasteiger partial charge in [0.2, 0.25) is 0 Å². The van der Waals surface area contributed by atoms with Gasteiger partial charge >= 0.3 is 0 Å². The smallest absolute Gasteiger partial charge is 0.0541 e. The molecule has 0 aliphatic heterocycles. The standard InChI is InChI=1S/C65H45N/c1-65(2)59-24-14-12-22-51(59)54-40-57-58(41-60(54)65)64(47-32-28-45(29-33-47)43-18-8-4-9-19-43)56-39-48(34-36-53(56)63(57)46-30-26-44(27-31-46)42-16-6-3-7-17-42)49-35-37-62-55(38-49)52-23-13-15-25-61(52)66(62)50-20-10-5-11-21-50/h3-41H,1-2H3. The van der Waals surface area contributed by atoms with E-state index in [0.29, 0.717) is 0 Å². The van der Waals surface area contributed by atoms with Gasteiger partial charge in [0.1, 0.15) is 0 Å². The van der Waals surface area contributed by atoms with Crippen LogP contribution in [-0.4, -0.2) is 4.57 Å². The fourth-order valence-electron chi connectivity index (χ4n) is 11.1. The summed E-state index contributed by atoms with van der Waals surface area (Å²) in [5.41, 5.74) is 21.1. The van der Waals surface area contributed by atoms with Gasteiger partial charge in [0.25, 0.3) is 0 Å². The third kappa shape index (κ3) is 5.94. The third-order valence-electron chi connectivity index (χ3n) is 14.4. The molecule has 0 N–H and O–H groups in total. The van der Waals surface area contributed by atoms with Crippen LogP contribution in [0.5, 0.6) is 0 Å². The minimum atomic E-state index is -0.156. The third-order valence-corrected chi connectivity index (χ3v) is 14.4. The van der Waals surface area contributed by atoms with E-state index in [1.807, 2.05) is 0 Å². The quantitative estimate of drug-likeness (QED) is 0.147. The summed E-state index contributed by atoms with van der Waals surface area (Å²) in [5, 5.41) is 7.53. The molecule has 0 atom stereocenters. The molecule has 0 amide bonds. The SMILES string of the molecule is CC1(C)c2ccccc2-c2cc3c(-c4ccc(-c5ccccc5)cc4)c4ccc(-c5ccc6c(c5)c5ccccc5n6-c5ccccc5)cc4c(-c4ccc(-c5ccccc5)cc4)c3cc21. The van der Waals surface area contributed by atoms with E-state index in [0.717, 1.165) is 0 Å². The van der Waals surface area contributed by atoms with Crippen molar-refractivity contribution in [3.63, 3.8) is 0 Å². The molecule has 11 aromatic carbocycles. The van der Waals surface area contributed by atoms with Crippen molar-refractivity contribution in [3.05, 3.63) is 248 Å². The number of benzene rings is 11. The lowest BCUT2D eigenvalue weighted by Gasteiger charge is -2.24. The van der Waals surface area contributed by atoms with E-state index in [1.165, 1.54) is 127 Å². The Bertz CT molecular complexity index is 3840. The highest BCUT2D eigenvalue weighted by Gasteiger charge is 2.36. The predicted molar refractivity (Wildman–Crippen MR) is 281 cm³/mol. The first-order valence-corrected chi connectivity index (χ1v) is 23.1. The predicted octanol–water partition coefficient (Wildman–Crippen LogP) is 17.7. The molecule has 0 fully saturated rings. The van der Waals surface area contributed by atoms with Crippen molar-refractivity contribution in [2.45, 2.75) is 19.3 Å². The summed E-state index contributed by atoms with van der Waals surface area (Å²) in [6.07, 6.45) is 0. The highest BCUT2D eigenvalue weighted by molar-refractivity contribution is 6.23. The molecule has 0 radical (unpaired) electrons. The number of hydrogen-bond donors (Lipinski definition) is 0. The summed E-state index contributed by atoms with van der Waals surface area (Å²) >= 11 is 0. The van der Waals surface area contributed by atoms with Crippen LogP contribution >= 0.6 is 0 Å². The molecule has 1 aromatic heterocycles. The van der Waals surface area contributed by atoms with Crippen LogP contribution in [0.4, 0.5) is 0 Å². The summed E-state index contributed by atoms with van der Waals surface area (Å²) in [4.78, 5) is 0. The van der Waals surface area contributed by atoms with Gasteiger partial charge in [-0.2, -0.15) is 0 Å². The molecule has 1 heteroatoms. The Hall–Kier alpha value is -8.26. The van der Waals surface area contributed by atoms with Crippen molar-refractivity contribution in [2.75, 3.05) is 0 Å². The first-order valence-electron chi connectivity index (χ1n) is 23.1. The monoisotopic (exact) mass is 839 g/mol. The lowest BCUT2D eigenvalue weighted by Crippen LogP contribution is -2.14. The lowest BCUT2D eigenvalue weighted by molar-refractivity contribution is 0.661. The van der Waals surface area contributed by atoms with Crippen LogP contribution in [0.15, 0.2) is 237 Å². The Kier molecular flexibility index (Phi) is 8.63. The van der Waals surface area contributed by atoms with Gasteiger partial charge in [-0.15, -0.1) is 0 Å². The summed E-state index contributed by atoms with van der Waals surface area (Å²) in [6, 6.07) is 87.8. The molecular weight excluding hydrogens is 795 g/mol. The van der Waals surface area contributed by atoms with Crippen LogP contribution in [0.1, 0.15) is 25.0 Å². The van der Waals surface area contributed by atoms with Crippen molar-refractivity contribution in [3.8, 4) is 72.4 Å². The van der Waals surface area contributed by atoms with E-state index in [9.17, 15) is 0 Å². The minimum absolute atomic E-state index is 0.156. The topological polar surface area (TPSA) is 4.93 Å². The maximum absolute atomic E-state index is 2.55. The van der Waals surface area contributed by atoms with Crippen molar-refractivity contribution in [1.29, 1.82) is 0 Å². The highest BCUT2D eigenvalue weighted by Crippen LogP contribution is 2.54. The number of rotatable bonds is 6. The maximum atomic E-state index is 2.55. The Morgan fingerprint density at radius 1 is 0.273 bits per heavy atom. The second-order valence-corrected chi connectivity index (χ2v) is 18.4. The van der Waals surface area contributed by atoms with E-state index in [-0.39, 0.29) is 5.41 Å². The number of hydrogen-bond acceptors (Lipinski definition) is 0. The molecule has 310 valence electrons. The number of aromatic nitrogens is 1. The normalized spacial score (nSPS) is 12.8. The second kappa shape index (κ2) is 14.9. The Labute approximate surface area is 385 Å².